The summed E-state index contributed by atoms with van der Waals surface area (Å²) in [6.45, 7) is 11.0. The van der Waals surface area contributed by atoms with E-state index in [4.69, 9.17) is 4.74 Å². The van der Waals surface area contributed by atoms with Crippen molar-refractivity contribution >= 4 is 35.6 Å². The van der Waals surface area contributed by atoms with Crippen LogP contribution in [0.5, 0.6) is 0 Å². The van der Waals surface area contributed by atoms with Crippen molar-refractivity contribution in [1.29, 1.82) is 0 Å². The summed E-state index contributed by atoms with van der Waals surface area (Å²) in [6.07, 6.45) is 1.05. The molecule has 0 saturated carbocycles. The Balaban J connectivity index is 2.70. The van der Waals surface area contributed by atoms with Crippen molar-refractivity contribution in [2.24, 2.45) is 11.8 Å². The van der Waals surface area contributed by atoms with Gasteiger partial charge < -0.3 is 31.1 Å². The lowest BCUT2D eigenvalue weighted by molar-refractivity contribution is -0.133. The van der Waals surface area contributed by atoms with Crippen LogP contribution >= 0.6 is 11.8 Å². The van der Waals surface area contributed by atoms with Gasteiger partial charge in [0.25, 0.3) is 0 Å². The highest BCUT2D eigenvalue weighted by Crippen LogP contribution is 2.16. The van der Waals surface area contributed by atoms with Crippen molar-refractivity contribution in [3.05, 3.63) is 35.9 Å². The average molecular weight is 581 g/mol. The number of hydrogen-bond donors (Lipinski definition) is 5. The van der Waals surface area contributed by atoms with E-state index in [1.54, 1.807) is 39.5 Å². The molecule has 0 aromatic heterocycles. The van der Waals surface area contributed by atoms with Crippen molar-refractivity contribution in [2.45, 2.75) is 97.7 Å². The maximum atomic E-state index is 12.9. The Morgan fingerprint density at radius 1 is 0.875 bits per heavy atom. The molecule has 0 aliphatic heterocycles. The van der Waals surface area contributed by atoms with Gasteiger partial charge in [-0.3, -0.25) is 14.4 Å². The van der Waals surface area contributed by atoms with Crippen molar-refractivity contribution < 1.29 is 29.0 Å². The molecule has 1 aromatic carbocycles. The van der Waals surface area contributed by atoms with Crippen LogP contribution in [0.2, 0.25) is 0 Å². The summed E-state index contributed by atoms with van der Waals surface area (Å²) in [5, 5.41) is 21.8. The smallest absolute Gasteiger partial charge is 0.407 e. The molecule has 0 fully saturated rings. The number of aliphatic hydroxyl groups is 1. The summed E-state index contributed by atoms with van der Waals surface area (Å²) in [5.41, 5.74) is 0.949. The van der Waals surface area contributed by atoms with Gasteiger partial charge in [-0.2, -0.15) is 11.8 Å². The molecule has 0 heterocycles. The molecule has 0 aliphatic carbocycles. The molecule has 40 heavy (non-hydrogen) atoms. The van der Waals surface area contributed by atoms with Crippen molar-refractivity contribution in [3.63, 3.8) is 0 Å². The number of ether oxygens (including phenoxy) is 1. The van der Waals surface area contributed by atoms with Gasteiger partial charge in [0, 0.05) is 12.5 Å². The van der Waals surface area contributed by atoms with Gasteiger partial charge in [-0.05, 0) is 63.5 Å². The minimum absolute atomic E-state index is 0.0811. The predicted octanol–water partition coefficient (Wildman–Crippen LogP) is 2.98. The van der Waals surface area contributed by atoms with E-state index >= 15 is 0 Å². The summed E-state index contributed by atoms with van der Waals surface area (Å²) >= 11 is 1.57. The normalized spacial score (nSPS) is 14.9. The number of carbonyl (C=O) groups is 4. The zero-order valence-corrected chi connectivity index (χ0v) is 25.7. The third-order valence-electron chi connectivity index (χ3n) is 6.18. The highest BCUT2D eigenvalue weighted by atomic mass is 32.2. The van der Waals surface area contributed by atoms with E-state index < -0.39 is 48.1 Å². The average Bonchev–Trinajstić information content (AvgIpc) is 2.88. The third-order valence-corrected chi connectivity index (χ3v) is 6.83. The lowest BCUT2D eigenvalue weighted by atomic mass is 9.92. The Hall–Kier alpha value is -2.79. The number of nitrogens with one attached hydrogen (secondary N) is 4. The largest absolute Gasteiger partial charge is 0.447 e. The molecule has 4 amide bonds. The fraction of sp³-hybridized carbons (Fsp3) is 0.655. The van der Waals surface area contributed by atoms with Crippen LogP contribution in [0.15, 0.2) is 30.3 Å². The molecule has 0 bridgehead atoms. The third kappa shape index (κ3) is 14.0. The number of thioether (sulfide) groups is 1. The first-order chi connectivity index (χ1) is 18.8. The van der Waals surface area contributed by atoms with Crippen LogP contribution in [0.4, 0.5) is 4.79 Å². The summed E-state index contributed by atoms with van der Waals surface area (Å²) in [4.78, 5) is 50.7. The lowest BCUT2D eigenvalue weighted by Crippen LogP contribution is -2.53. The second kappa shape index (κ2) is 18.5. The number of rotatable bonds is 17. The van der Waals surface area contributed by atoms with Crippen LogP contribution in [0.3, 0.4) is 0 Å². The maximum Gasteiger partial charge on any atom is 0.407 e. The van der Waals surface area contributed by atoms with Gasteiger partial charge >= 0.3 is 6.09 Å². The van der Waals surface area contributed by atoms with E-state index in [-0.39, 0.29) is 24.3 Å². The molecular weight excluding hydrogens is 532 g/mol. The van der Waals surface area contributed by atoms with Crippen LogP contribution in [-0.2, 0) is 25.7 Å². The quantitative estimate of drug-likeness (QED) is 0.190. The first-order valence-corrected chi connectivity index (χ1v) is 15.3. The fourth-order valence-electron chi connectivity index (χ4n) is 3.98. The van der Waals surface area contributed by atoms with Gasteiger partial charge in [-0.1, -0.05) is 51.1 Å². The Morgan fingerprint density at radius 3 is 2.10 bits per heavy atom. The van der Waals surface area contributed by atoms with Crippen LogP contribution in [0, 0.1) is 11.8 Å². The van der Waals surface area contributed by atoms with Gasteiger partial charge in [0.15, 0.2) is 0 Å². The van der Waals surface area contributed by atoms with Crippen LogP contribution in [-0.4, -0.2) is 71.3 Å². The molecule has 5 atom stereocenters. The molecule has 5 N–H and O–H groups in total. The minimum Gasteiger partial charge on any atom is -0.447 e. The zero-order chi connectivity index (χ0) is 30.2. The standard InChI is InChI=1S/C29H48N4O6S/c1-18(2)15-24(33-29(38)39-19(3)4)25(34)16-20(5)26(35)31-21(6)27(36)32-23(13-14-40-7)28(37)30-17-22-11-9-8-10-12-22/h8-12,18-21,23-25,34H,13-17H2,1-7H3,(H,30,37)(H,31,35)(H,32,36)(H,33,38)/t20-,21+,23?,24+,25+/m1/s1. The van der Waals surface area contributed by atoms with E-state index in [0.29, 0.717) is 25.1 Å². The van der Waals surface area contributed by atoms with Gasteiger partial charge in [0.05, 0.1) is 18.2 Å². The molecule has 0 radical (unpaired) electrons. The van der Waals surface area contributed by atoms with E-state index in [1.165, 1.54) is 0 Å². The predicted molar refractivity (Wildman–Crippen MR) is 159 cm³/mol. The van der Waals surface area contributed by atoms with E-state index in [0.717, 1.165) is 5.56 Å². The number of amides is 4. The van der Waals surface area contributed by atoms with Crippen LogP contribution in [0.25, 0.3) is 0 Å². The zero-order valence-electron chi connectivity index (χ0n) is 24.9. The molecule has 10 nitrogen and oxygen atoms in total. The van der Waals surface area contributed by atoms with E-state index in [2.05, 4.69) is 21.3 Å². The highest BCUT2D eigenvalue weighted by molar-refractivity contribution is 7.98. The number of alkyl carbamates (subject to hydrolysis) is 1. The highest BCUT2D eigenvalue weighted by Gasteiger charge is 2.29. The number of carbonyl (C=O) groups excluding carboxylic acids is 4. The Labute approximate surface area is 243 Å². The first kappa shape index (κ1) is 35.2. The molecule has 0 saturated heterocycles. The Kier molecular flexibility index (Phi) is 16.3. The number of aliphatic hydroxyl groups excluding tert-OH is 1. The Morgan fingerprint density at radius 2 is 1.52 bits per heavy atom. The SMILES string of the molecule is CSCCC(NC(=O)[C@H](C)NC(=O)[C@H](C)C[C@H](O)[C@H](CC(C)C)NC(=O)OC(C)C)C(=O)NCc1ccccc1. The monoisotopic (exact) mass is 580 g/mol. The molecular formula is C29H48N4O6S. The molecule has 11 heteroatoms. The summed E-state index contributed by atoms with van der Waals surface area (Å²) in [5.74, 6) is -0.946. The van der Waals surface area contributed by atoms with Gasteiger partial charge in [-0.15, -0.1) is 0 Å². The summed E-state index contributed by atoms with van der Waals surface area (Å²) in [6, 6.07) is 7.27. The minimum atomic E-state index is -0.990. The van der Waals surface area contributed by atoms with Gasteiger partial charge in [0.1, 0.15) is 12.1 Å². The summed E-state index contributed by atoms with van der Waals surface area (Å²) < 4.78 is 5.14. The topological polar surface area (TPSA) is 146 Å². The number of benzene rings is 1. The molecule has 1 aromatic rings. The van der Waals surface area contributed by atoms with E-state index in [1.807, 2.05) is 50.4 Å². The van der Waals surface area contributed by atoms with Gasteiger partial charge in [0.2, 0.25) is 17.7 Å². The second-order valence-corrected chi connectivity index (χ2v) is 11.8. The van der Waals surface area contributed by atoms with Crippen molar-refractivity contribution in [3.8, 4) is 0 Å². The van der Waals surface area contributed by atoms with Crippen LogP contribution in [0.1, 0.15) is 66.4 Å². The second-order valence-electron chi connectivity index (χ2n) is 10.8. The van der Waals surface area contributed by atoms with Crippen LogP contribution < -0.4 is 21.3 Å². The first-order valence-electron chi connectivity index (χ1n) is 13.9. The van der Waals surface area contributed by atoms with E-state index in [9.17, 15) is 24.3 Å². The molecule has 0 spiro atoms. The summed E-state index contributed by atoms with van der Waals surface area (Å²) in [7, 11) is 0. The van der Waals surface area contributed by atoms with Crippen molar-refractivity contribution in [2.75, 3.05) is 12.0 Å². The van der Waals surface area contributed by atoms with Crippen molar-refractivity contribution in [1.82, 2.24) is 21.3 Å². The van der Waals surface area contributed by atoms with Gasteiger partial charge in [-0.25, -0.2) is 4.79 Å². The lowest BCUT2D eigenvalue weighted by Gasteiger charge is -2.28. The number of hydrogen-bond acceptors (Lipinski definition) is 7. The molecule has 0 aliphatic rings. The molecule has 1 unspecified atom stereocenters. The maximum absolute atomic E-state index is 12.9. The Bertz CT molecular complexity index is 930. The molecule has 1 rings (SSSR count). The molecule has 226 valence electrons. The fourth-order valence-corrected chi connectivity index (χ4v) is 4.46.